The molecular formula is C18H33N3O3. The quantitative estimate of drug-likeness (QED) is 0.718. The van der Waals surface area contributed by atoms with Gasteiger partial charge >= 0.3 is 6.09 Å². The van der Waals surface area contributed by atoms with Gasteiger partial charge in [0.05, 0.1) is 6.54 Å². The van der Waals surface area contributed by atoms with Crippen molar-refractivity contribution >= 4 is 12.0 Å². The molecule has 0 aromatic heterocycles. The lowest BCUT2D eigenvalue weighted by Crippen LogP contribution is -2.43. The molecule has 24 heavy (non-hydrogen) atoms. The highest BCUT2D eigenvalue weighted by Crippen LogP contribution is 2.56. The molecule has 0 heterocycles. The van der Waals surface area contributed by atoms with E-state index < -0.39 is 5.60 Å². The van der Waals surface area contributed by atoms with Crippen LogP contribution in [0.1, 0.15) is 66.7 Å². The molecule has 1 unspecified atom stereocenters. The zero-order valence-electron chi connectivity index (χ0n) is 15.7. The van der Waals surface area contributed by atoms with Crippen molar-refractivity contribution in [3.8, 4) is 0 Å². The molecule has 2 rings (SSSR count). The molecule has 2 amide bonds. The zero-order valence-corrected chi connectivity index (χ0v) is 15.7. The van der Waals surface area contributed by atoms with Crippen LogP contribution >= 0.6 is 0 Å². The van der Waals surface area contributed by atoms with Crippen molar-refractivity contribution in [1.29, 1.82) is 0 Å². The first kappa shape index (κ1) is 19.0. The summed E-state index contributed by atoms with van der Waals surface area (Å²) < 4.78 is 5.33. The SMILES string of the molecule is CC(C)NC(=O)CNC1CCC2(CC1)CC2NC(=O)OC(C)(C)C. The highest BCUT2D eigenvalue weighted by molar-refractivity contribution is 5.78. The van der Waals surface area contributed by atoms with E-state index in [9.17, 15) is 9.59 Å². The van der Waals surface area contributed by atoms with Crippen molar-refractivity contribution in [2.75, 3.05) is 6.54 Å². The molecule has 0 radical (unpaired) electrons. The van der Waals surface area contributed by atoms with E-state index in [2.05, 4.69) is 16.0 Å². The Labute approximate surface area is 145 Å². The van der Waals surface area contributed by atoms with Crippen molar-refractivity contribution in [2.45, 2.75) is 90.4 Å². The number of hydrogen-bond donors (Lipinski definition) is 3. The van der Waals surface area contributed by atoms with E-state index in [4.69, 9.17) is 4.74 Å². The summed E-state index contributed by atoms with van der Waals surface area (Å²) in [6, 6.07) is 0.828. The lowest BCUT2D eigenvalue weighted by molar-refractivity contribution is -0.120. The van der Waals surface area contributed by atoms with Gasteiger partial charge in [-0.25, -0.2) is 4.79 Å². The van der Waals surface area contributed by atoms with Crippen LogP contribution in [0, 0.1) is 5.41 Å². The molecule has 1 atom stereocenters. The number of ether oxygens (including phenoxy) is 1. The molecule has 0 aromatic rings. The molecule has 0 bridgehead atoms. The van der Waals surface area contributed by atoms with Gasteiger partial charge in [-0.2, -0.15) is 0 Å². The van der Waals surface area contributed by atoms with Crippen LogP contribution < -0.4 is 16.0 Å². The van der Waals surface area contributed by atoms with Crippen molar-refractivity contribution < 1.29 is 14.3 Å². The molecule has 2 saturated carbocycles. The van der Waals surface area contributed by atoms with Gasteiger partial charge in [-0.1, -0.05) is 0 Å². The van der Waals surface area contributed by atoms with Crippen molar-refractivity contribution in [3.63, 3.8) is 0 Å². The molecule has 1 spiro atoms. The van der Waals surface area contributed by atoms with Crippen LogP contribution in [0.25, 0.3) is 0 Å². The number of nitrogens with one attached hydrogen (secondary N) is 3. The molecule has 2 aliphatic carbocycles. The van der Waals surface area contributed by atoms with Gasteiger partial charge in [-0.15, -0.1) is 0 Å². The minimum Gasteiger partial charge on any atom is -0.444 e. The molecule has 138 valence electrons. The Morgan fingerprint density at radius 2 is 1.83 bits per heavy atom. The highest BCUT2D eigenvalue weighted by atomic mass is 16.6. The van der Waals surface area contributed by atoms with E-state index in [0.717, 1.165) is 32.1 Å². The number of rotatable bonds is 5. The third-order valence-electron chi connectivity index (χ3n) is 4.86. The molecule has 2 fully saturated rings. The topological polar surface area (TPSA) is 79.5 Å². The van der Waals surface area contributed by atoms with Crippen molar-refractivity contribution in [2.24, 2.45) is 5.41 Å². The Bertz CT molecular complexity index is 463. The number of alkyl carbamates (subject to hydrolysis) is 1. The summed E-state index contributed by atoms with van der Waals surface area (Å²) in [4.78, 5) is 23.6. The second kappa shape index (κ2) is 7.30. The predicted octanol–water partition coefficient (Wildman–Crippen LogP) is 2.33. The van der Waals surface area contributed by atoms with E-state index in [1.165, 1.54) is 0 Å². The van der Waals surface area contributed by atoms with E-state index in [-0.39, 0.29) is 29.5 Å². The minimum atomic E-state index is -0.454. The van der Waals surface area contributed by atoms with Crippen LogP contribution in [0.5, 0.6) is 0 Å². The molecule has 2 aliphatic rings. The highest BCUT2D eigenvalue weighted by Gasteiger charge is 2.55. The lowest BCUT2D eigenvalue weighted by Gasteiger charge is -2.30. The molecular weight excluding hydrogens is 306 g/mol. The summed E-state index contributed by atoms with van der Waals surface area (Å²) in [6.45, 7) is 9.94. The summed E-state index contributed by atoms with van der Waals surface area (Å²) in [5, 5.41) is 9.26. The number of amides is 2. The fourth-order valence-electron chi connectivity index (χ4n) is 3.56. The average Bonchev–Trinajstić information content (AvgIpc) is 3.07. The van der Waals surface area contributed by atoms with E-state index in [1.54, 1.807) is 0 Å². The smallest absolute Gasteiger partial charge is 0.407 e. The standard InChI is InChI=1S/C18H33N3O3/c1-12(2)20-15(22)11-19-13-6-8-18(9-7-13)10-14(18)21-16(23)24-17(3,4)5/h12-14,19H,6-11H2,1-5H3,(H,20,22)(H,21,23). The number of carbonyl (C=O) groups excluding carboxylic acids is 2. The maximum Gasteiger partial charge on any atom is 0.407 e. The summed E-state index contributed by atoms with van der Waals surface area (Å²) in [5.74, 6) is 0.0566. The molecule has 6 heteroatoms. The largest absolute Gasteiger partial charge is 0.444 e. The maximum atomic E-state index is 11.9. The monoisotopic (exact) mass is 339 g/mol. The van der Waals surface area contributed by atoms with E-state index in [0.29, 0.717) is 12.6 Å². The van der Waals surface area contributed by atoms with Gasteiger partial charge in [0, 0.05) is 18.1 Å². The van der Waals surface area contributed by atoms with Gasteiger partial charge in [-0.3, -0.25) is 4.79 Å². The Hall–Kier alpha value is -1.30. The van der Waals surface area contributed by atoms with Gasteiger partial charge in [0.2, 0.25) is 5.91 Å². The van der Waals surface area contributed by atoms with Gasteiger partial charge in [0.25, 0.3) is 0 Å². The molecule has 0 aliphatic heterocycles. The second-order valence-electron chi connectivity index (χ2n) is 8.64. The fraction of sp³-hybridized carbons (Fsp3) is 0.889. The molecule has 0 saturated heterocycles. The van der Waals surface area contributed by atoms with Gasteiger partial charge in [0.1, 0.15) is 5.60 Å². The first-order valence-electron chi connectivity index (χ1n) is 9.12. The van der Waals surface area contributed by atoms with Gasteiger partial charge in [-0.05, 0) is 72.1 Å². The fourth-order valence-corrected chi connectivity index (χ4v) is 3.56. The van der Waals surface area contributed by atoms with Gasteiger partial charge in [0.15, 0.2) is 0 Å². The van der Waals surface area contributed by atoms with E-state index in [1.807, 2.05) is 34.6 Å². The normalized spacial score (nSPS) is 29.4. The molecule has 6 nitrogen and oxygen atoms in total. The molecule has 0 aromatic carbocycles. The third kappa shape index (κ3) is 5.65. The number of carbonyl (C=O) groups is 2. The van der Waals surface area contributed by atoms with Crippen molar-refractivity contribution in [3.05, 3.63) is 0 Å². The Kier molecular flexibility index (Phi) is 5.78. The van der Waals surface area contributed by atoms with Gasteiger partial charge < -0.3 is 20.7 Å². The summed E-state index contributed by atoms with van der Waals surface area (Å²) >= 11 is 0. The average molecular weight is 339 g/mol. The lowest BCUT2D eigenvalue weighted by atomic mass is 9.82. The Morgan fingerprint density at radius 3 is 2.38 bits per heavy atom. The predicted molar refractivity (Wildman–Crippen MR) is 93.7 cm³/mol. The summed E-state index contributed by atoms with van der Waals surface area (Å²) in [5.41, 5.74) is -0.195. The third-order valence-corrected chi connectivity index (χ3v) is 4.86. The minimum absolute atomic E-state index is 0.0566. The number of hydrogen-bond acceptors (Lipinski definition) is 4. The Morgan fingerprint density at radius 1 is 1.21 bits per heavy atom. The molecule has 3 N–H and O–H groups in total. The zero-order chi connectivity index (χ0) is 18.0. The van der Waals surface area contributed by atoms with Crippen LogP contribution in [0.4, 0.5) is 4.79 Å². The first-order valence-corrected chi connectivity index (χ1v) is 9.12. The second-order valence-corrected chi connectivity index (χ2v) is 8.64. The maximum absolute atomic E-state index is 11.9. The summed E-state index contributed by atoms with van der Waals surface area (Å²) in [6.07, 6.45) is 5.04. The van der Waals surface area contributed by atoms with Crippen LogP contribution in [-0.4, -0.2) is 42.3 Å². The Balaban J connectivity index is 1.67. The summed E-state index contributed by atoms with van der Waals surface area (Å²) in [7, 11) is 0. The first-order chi connectivity index (χ1) is 11.1. The van der Waals surface area contributed by atoms with Crippen molar-refractivity contribution in [1.82, 2.24) is 16.0 Å². The van der Waals surface area contributed by atoms with Crippen LogP contribution in [0.2, 0.25) is 0 Å². The van der Waals surface area contributed by atoms with Crippen LogP contribution in [0.15, 0.2) is 0 Å². The van der Waals surface area contributed by atoms with E-state index >= 15 is 0 Å². The van der Waals surface area contributed by atoms with Crippen LogP contribution in [0.3, 0.4) is 0 Å². The van der Waals surface area contributed by atoms with Crippen LogP contribution in [-0.2, 0) is 9.53 Å².